The molecule has 24 heavy (non-hydrogen) atoms. The summed E-state index contributed by atoms with van der Waals surface area (Å²) < 4.78 is 1.64. The van der Waals surface area contributed by atoms with Gasteiger partial charge in [0.2, 0.25) is 5.88 Å². The van der Waals surface area contributed by atoms with Gasteiger partial charge in [0.15, 0.2) is 0 Å². The van der Waals surface area contributed by atoms with Crippen LogP contribution in [0.5, 0.6) is 5.88 Å². The standard InChI is InChI=1S/C20H20N2O2/c1-14(2)17-19(23)21-18(16-11-7-4-8-12-16)22(20(17)24)13-15-9-5-3-6-10-15/h3-12,14,23H,13H2,1-2H3. The number of hydrogen-bond acceptors (Lipinski definition) is 3. The van der Waals surface area contributed by atoms with Crippen LogP contribution < -0.4 is 5.56 Å². The third kappa shape index (κ3) is 3.08. The second-order valence-electron chi connectivity index (χ2n) is 6.07. The van der Waals surface area contributed by atoms with E-state index in [9.17, 15) is 9.90 Å². The Labute approximate surface area is 141 Å². The maximum atomic E-state index is 13.0. The molecule has 3 rings (SSSR count). The van der Waals surface area contributed by atoms with Crippen LogP contribution in [0.25, 0.3) is 11.4 Å². The van der Waals surface area contributed by atoms with Gasteiger partial charge in [-0.2, -0.15) is 4.98 Å². The zero-order chi connectivity index (χ0) is 17.1. The highest BCUT2D eigenvalue weighted by Gasteiger charge is 2.19. The van der Waals surface area contributed by atoms with E-state index in [-0.39, 0.29) is 17.4 Å². The Hall–Kier alpha value is -2.88. The predicted octanol–water partition coefficient (Wildman–Crippen LogP) is 3.79. The van der Waals surface area contributed by atoms with E-state index in [1.54, 1.807) is 4.57 Å². The Morgan fingerprint density at radius 3 is 2.17 bits per heavy atom. The molecule has 1 aromatic heterocycles. The Morgan fingerprint density at radius 1 is 1.00 bits per heavy atom. The maximum Gasteiger partial charge on any atom is 0.261 e. The fourth-order valence-corrected chi connectivity index (χ4v) is 2.78. The fourth-order valence-electron chi connectivity index (χ4n) is 2.78. The van der Waals surface area contributed by atoms with Gasteiger partial charge in [-0.05, 0) is 11.5 Å². The molecule has 0 amide bonds. The van der Waals surface area contributed by atoms with Crippen molar-refractivity contribution in [2.75, 3.05) is 0 Å². The maximum absolute atomic E-state index is 13.0. The molecule has 0 aliphatic heterocycles. The first-order chi connectivity index (χ1) is 11.6. The SMILES string of the molecule is CC(C)c1c(O)nc(-c2ccccc2)n(Cc2ccccc2)c1=O. The lowest BCUT2D eigenvalue weighted by Crippen LogP contribution is -2.27. The van der Waals surface area contributed by atoms with E-state index in [2.05, 4.69) is 4.98 Å². The molecule has 0 radical (unpaired) electrons. The Kier molecular flexibility index (Phi) is 4.47. The van der Waals surface area contributed by atoms with Crippen molar-refractivity contribution >= 4 is 0 Å². The zero-order valence-corrected chi connectivity index (χ0v) is 13.8. The monoisotopic (exact) mass is 320 g/mol. The molecule has 0 aliphatic carbocycles. The van der Waals surface area contributed by atoms with Crippen LogP contribution in [0.2, 0.25) is 0 Å². The molecule has 0 bridgehead atoms. The largest absolute Gasteiger partial charge is 0.493 e. The van der Waals surface area contributed by atoms with Crippen molar-refractivity contribution in [3.63, 3.8) is 0 Å². The lowest BCUT2D eigenvalue weighted by molar-refractivity contribution is 0.435. The summed E-state index contributed by atoms with van der Waals surface area (Å²) in [6.07, 6.45) is 0. The predicted molar refractivity (Wildman–Crippen MR) is 95.2 cm³/mol. The lowest BCUT2D eigenvalue weighted by Gasteiger charge is -2.16. The van der Waals surface area contributed by atoms with E-state index in [0.29, 0.717) is 17.9 Å². The number of aromatic hydroxyl groups is 1. The average molecular weight is 320 g/mol. The molecule has 0 atom stereocenters. The molecular weight excluding hydrogens is 300 g/mol. The van der Waals surface area contributed by atoms with Crippen molar-refractivity contribution in [1.29, 1.82) is 0 Å². The molecule has 2 aromatic carbocycles. The van der Waals surface area contributed by atoms with Gasteiger partial charge in [0, 0.05) is 5.56 Å². The summed E-state index contributed by atoms with van der Waals surface area (Å²) in [4.78, 5) is 17.3. The molecule has 0 aliphatic rings. The van der Waals surface area contributed by atoms with Gasteiger partial charge >= 0.3 is 0 Å². The van der Waals surface area contributed by atoms with Crippen LogP contribution in [-0.2, 0) is 6.54 Å². The highest BCUT2D eigenvalue weighted by atomic mass is 16.3. The van der Waals surface area contributed by atoms with Crippen LogP contribution in [0.15, 0.2) is 65.5 Å². The lowest BCUT2D eigenvalue weighted by atomic mass is 10.1. The van der Waals surface area contributed by atoms with Crippen molar-refractivity contribution in [3.8, 4) is 17.3 Å². The first kappa shape index (κ1) is 16.0. The van der Waals surface area contributed by atoms with Crippen LogP contribution >= 0.6 is 0 Å². The van der Waals surface area contributed by atoms with Crippen LogP contribution in [0.3, 0.4) is 0 Å². The van der Waals surface area contributed by atoms with E-state index in [1.807, 2.05) is 74.5 Å². The number of aromatic nitrogens is 2. The van der Waals surface area contributed by atoms with Gasteiger partial charge in [-0.25, -0.2) is 0 Å². The molecule has 0 saturated carbocycles. The average Bonchev–Trinajstić information content (AvgIpc) is 2.58. The highest BCUT2D eigenvalue weighted by molar-refractivity contribution is 5.56. The Balaban J connectivity index is 2.23. The quantitative estimate of drug-likeness (QED) is 0.796. The van der Waals surface area contributed by atoms with Gasteiger partial charge in [-0.1, -0.05) is 74.5 Å². The van der Waals surface area contributed by atoms with Crippen molar-refractivity contribution in [3.05, 3.63) is 82.1 Å². The normalized spacial score (nSPS) is 11.0. The number of hydrogen-bond donors (Lipinski definition) is 1. The summed E-state index contributed by atoms with van der Waals surface area (Å²) in [7, 11) is 0. The molecule has 0 spiro atoms. The van der Waals surface area contributed by atoms with Crippen molar-refractivity contribution in [2.24, 2.45) is 0 Å². The number of rotatable bonds is 4. The number of nitrogens with zero attached hydrogens (tertiary/aromatic N) is 2. The van der Waals surface area contributed by atoms with E-state index < -0.39 is 0 Å². The Morgan fingerprint density at radius 2 is 1.58 bits per heavy atom. The van der Waals surface area contributed by atoms with Gasteiger partial charge < -0.3 is 5.11 Å². The van der Waals surface area contributed by atoms with Gasteiger partial charge in [0.05, 0.1) is 12.1 Å². The van der Waals surface area contributed by atoms with E-state index in [1.165, 1.54) is 0 Å². The molecule has 3 aromatic rings. The van der Waals surface area contributed by atoms with E-state index in [0.717, 1.165) is 11.1 Å². The minimum absolute atomic E-state index is 0.100. The topological polar surface area (TPSA) is 55.1 Å². The minimum Gasteiger partial charge on any atom is -0.493 e. The summed E-state index contributed by atoms with van der Waals surface area (Å²) in [5, 5.41) is 10.3. The highest BCUT2D eigenvalue weighted by Crippen LogP contribution is 2.24. The molecule has 0 saturated heterocycles. The molecule has 1 heterocycles. The third-order valence-electron chi connectivity index (χ3n) is 3.98. The van der Waals surface area contributed by atoms with Crippen LogP contribution in [0.1, 0.15) is 30.9 Å². The van der Waals surface area contributed by atoms with Crippen LogP contribution in [-0.4, -0.2) is 14.7 Å². The summed E-state index contributed by atoms with van der Waals surface area (Å²) >= 11 is 0. The van der Waals surface area contributed by atoms with Crippen LogP contribution in [0, 0.1) is 0 Å². The summed E-state index contributed by atoms with van der Waals surface area (Å²) in [5.41, 5.74) is 1.97. The first-order valence-electron chi connectivity index (χ1n) is 8.01. The van der Waals surface area contributed by atoms with Crippen molar-refractivity contribution in [2.45, 2.75) is 26.3 Å². The zero-order valence-electron chi connectivity index (χ0n) is 13.8. The first-order valence-corrected chi connectivity index (χ1v) is 8.01. The molecule has 122 valence electrons. The molecule has 0 fully saturated rings. The summed E-state index contributed by atoms with van der Waals surface area (Å²) in [6.45, 7) is 4.18. The molecule has 1 N–H and O–H groups in total. The summed E-state index contributed by atoms with van der Waals surface area (Å²) in [6, 6.07) is 19.2. The second-order valence-corrected chi connectivity index (χ2v) is 6.07. The third-order valence-corrected chi connectivity index (χ3v) is 3.98. The van der Waals surface area contributed by atoms with Gasteiger partial charge in [0.25, 0.3) is 5.56 Å². The molecule has 0 unspecified atom stereocenters. The van der Waals surface area contributed by atoms with E-state index >= 15 is 0 Å². The fraction of sp³-hybridized carbons (Fsp3) is 0.200. The second kappa shape index (κ2) is 6.71. The van der Waals surface area contributed by atoms with Gasteiger partial charge in [0.1, 0.15) is 5.82 Å². The molecule has 4 heteroatoms. The Bertz CT molecular complexity index is 885. The molecule has 4 nitrogen and oxygen atoms in total. The molecular formula is C20H20N2O2. The van der Waals surface area contributed by atoms with Crippen molar-refractivity contribution < 1.29 is 5.11 Å². The number of benzene rings is 2. The summed E-state index contributed by atoms with van der Waals surface area (Å²) in [5.74, 6) is 0.196. The minimum atomic E-state index is -0.194. The smallest absolute Gasteiger partial charge is 0.261 e. The van der Waals surface area contributed by atoms with Gasteiger partial charge in [-0.15, -0.1) is 0 Å². The van der Waals surface area contributed by atoms with E-state index in [4.69, 9.17) is 0 Å². The van der Waals surface area contributed by atoms with Crippen LogP contribution in [0.4, 0.5) is 0 Å². The van der Waals surface area contributed by atoms with Gasteiger partial charge in [-0.3, -0.25) is 9.36 Å². The van der Waals surface area contributed by atoms with Crippen molar-refractivity contribution in [1.82, 2.24) is 9.55 Å².